The van der Waals surface area contributed by atoms with Crippen LogP contribution in [-0.2, 0) is 40.0 Å². The molecule has 2 amide bonds. The summed E-state index contributed by atoms with van der Waals surface area (Å²) in [4.78, 5) is 37.3. The van der Waals surface area contributed by atoms with Crippen LogP contribution in [0, 0.1) is 0 Å². The SMILES string of the molecule is O=C(N[C@@H](Cc1ccccc1)C(=O)N[C@H](Cc1cccc(C(F)(F)F)c1)C(=O)O)OCc1ccccc1. The zero-order valence-electron chi connectivity index (χ0n) is 19.6. The van der Waals surface area contributed by atoms with E-state index in [4.69, 9.17) is 4.74 Å². The molecule has 0 aliphatic carbocycles. The summed E-state index contributed by atoms with van der Waals surface area (Å²) in [5.74, 6) is -2.25. The number of nitrogens with one attached hydrogen (secondary N) is 2. The number of carboxylic acid groups (broad SMARTS) is 1. The van der Waals surface area contributed by atoms with E-state index in [2.05, 4.69) is 10.6 Å². The Bertz CT molecular complexity index is 1200. The zero-order chi connectivity index (χ0) is 26.8. The molecule has 3 aromatic rings. The van der Waals surface area contributed by atoms with E-state index in [-0.39, 0.29) is 25.0 Å². The van der Waals surface area contributed by atoms with Gasteiger partial charge in [-0.2, -0.15) is 13.2 Å². The van der Waals surface area contributed by atoms with Gasteiger partial charge < -0.3 is 20.5 Å². The molecule has 10 heteroatoms. The van der Waals surface area contributed by atoms with Gasteiger partial charge in [-0.1, -0.05) is 78.9 Å². The van der Waals surface area contributed by atoms with Crippen LogP contribution in [0.3, 0.4) is 0 Å². The largest absolute Gasteiger partial charge is 0.480 e. The number of carbonyl (C=O) groups excluding carboxylic acids is 2. The van der Waals surface area contributed by atoms with Gasteiger partial charge in [-0.25, -0.2) is 9.59 Å². The first kappa shape index (κ1) is 27.3. The van der Waals surface area contributed by atoms with E-state index >= 15 is 0 Å². The fourth-order valence-corrected chi connectivity index (χ4v) is 3.55. The van der Waals surface area contributed by atoms with E-state index in [1.54, 1.807) is 54.6 Å². The number of hydrogen-bond donors (Lipinski definition) is 3. The molecule has 0 fully saturated rings. The highest BCUT2D eigenvalue weighted by Crippen LogP contribution is 2.29. The molecule has 0 aliphatic rings. The van der Waals surface area contributed by atoms with Crippen LogP contribution in [0.15, 0.2) is 84.9 Å². The molecule has 3 aromatic carbocycles. The lowest BCUT2D eigenvalue weighted by molar-refractivity contribution is -0.142. The second-order valence-corrected chi connectivity index (χ2v) is 8.25. The molecule has 0 aliphatic heterocycles. The fraction of sp³-hybridized carbons (Fsp3) is 0.222. The highest BCUT2D eigenvalue weighted by atomic mass is 19.4. The highest BCUT2D eigenvalue weighted by Gasteiger charge is 2.31. The molecular weight excluding hydrogens is 489 g/mol. The van der Waals surface area contributed by atoms with Crippen molar-refractivity contribution in [2.45, 2.75) is 37.7 Å². The molecule has 0 heterocycles. The van der Waals surface area contributed by atoms with Gasteiger partial charge in [-0.3, -0.25) is 4.79 Å². The average Bonchev–Trinajstić information content (AvgIpc) is 2.87. The number of halogens is 3. The predicted octanol–water partition coefficient (Wildman–Crippen LogP) is 4.36. The van der Waals surface area contributed by atoms with Crippen molar-refractivity contribution >= 4 is 18.0 Å². The van der Waals surface area contributed by atoms with E-state index in [9.17, 15) is 32.7 Å². The van der Waals surface area contributed by atoms with Crippen molar-refractivity contribution in [3.05, 3.63) is 107 Å². The maximum absolute atomic E-state index is 13.1. The van der Waals surface area contributed by atoms with Crippen molar-refractivity contribution < 1.29 is 37.4 Å². The molecule has 3 N–H and O–H groups in total. The topological polar surface area (TPSA) is 105 Å². The van der Waals surface area contributed by atoms with Crippen molar-refractivity contribution in [2.24, 2.45) is 0 Å². The molecule has 37 heavy (non-hydrogen) atoms. The minimum atomic E-state index is -4.59. The number of alkyl carbamates (subject to hydrolysis) is 1. The van der Waals surface area contributed by atoms with Crippen LogP contribution in [-0.4, -0.2) is 35.2 Å². The normalized spacial score (nSPS) is 12.7. The second kappa shape index (κ2) is 12.6. The molecule has 0 radical (unpaired) electrons. The standard InChI is InChI=1S/C27H25F3N2O5/c28-27(29,30)21-13-7-12-20(14-21)16-23(25(34)35)31-24(33)22(15-18-8-3-1-4-9-18)32-26(36)37-17-19-10-5-2-6-11-19/h1-14,22-23H,15-17H2,(H,31,33)(H,32,36)(H,34,35)/t22-,23+/m0/s1. The third-order valence-electron chi connectivity index (χ3n) is 5.41. The number of alkyl halides is 3. The smallest absolute Gasteiger partial charge is 0.416 e. The molecule has 0 spiro atoms. The quantitative estimate of drug-likeness (QED) is 0.373. The highest BCUT2D eigenvalue weighted by molar-refractivity contribution is 5.89. The molecular formula is C27H25F3N2O5. The Morgan fingerprint density at radius 2 is 1.32 bits per heavy atom. The summed E-state index contributed by atoms with van der Waals surface area (Å²) in [6.45, 7) is -0.0420. The molecule has 194 valence electrons. The summed E-state index contributed by atoms with van der Waals surface area (Å²) in [6, 6.07) is 19.1. The number of ether oxygens (including phenoxy) is 1. The molecule has 0 saturated carbocycles. The molecule has 0 unspecified atom stereocenters. The first-order chi connectivity index (χ1) is 17.6. The molecule has 0 aromatic heterocycles. The first-order valence-electron chi connectivity index (χ1n) is 11.3. The van der Waals surface area contributed by atoms with Crippen LogP contribution in [0.1, 0.15) is 22.3 Å². The van der Waals surface area contributed by atoms with Crippen LogP contribution in [0.2, 0.25) is 0 Å². The Labute approximate surface area is 211 Å². The number of aliphatic carboxylic acids is 1. The van der Waals surface area contributed by atoms with Gasteiger partial charge >= 0.3 is 18.2 Å². The monoisotopic (exact) mass is 514 g/mol. The lowest BCUT2D eigenvalue weighted by Crippen LogP contribution is -2.53. The Morgan fingerprint density at radius 3 is 1.92 bits per heavy atom. The van der Waals surface area contributed by atoms with Crippen LogP contribution >= 0.6 is 0 Å². The molecule has 3 rings (SSSR count). The summed E-state index contributed by atoms with van der Waals surface area (Å²) >= 11 is 0. The lowest BCUT2D eigenvalue weighted by Gasteiger charge is -2.22. The first-order valence-corrected chi connectivity index (χ1v) is 11.3. The van der Waals surface area contributed by atoms with Crippen LogP contribution in [0.25, 0.3) is 0 Å². The van der Waals surface area contributed by atoms with Gasteiger partial charge in [0.25, 0.3) is 0 Å². The summed E-state index contributed by atoms with van der Waals surface area (Å²) in [5, 5.41) is 14.4. The van der Waals surface area contributed by atoms with Gasteiger partial charge in [0.15, 0.2) is 0 Å². The molecule has 7 nitrogen and oxygen atoms in total. The zero-order valence-corrected chi connectivity index (χ0v) is 19.6. The van der Waals surface area contributed by atoms with Crippen molar-refractivity contribution in [2.75, 3.05) is 0 Å². The lowest BCUT2D eigenvalue weighted by atomic mass is 10.0. The number of carboxylic acids is 1. The Balaban J connectivity index is 1.72. The minimum Gasteiger partial charge on any atom is -0.480 e. The number of hydrogen-bond acceptors (Lipinski definition) is 4. The fourth-order valence-electron chi connectivity index (χ4n) is 3.55. The van der Waals surface area contributed by atoms with Gasteiger partial charge in [-0.05, 0) is 22.8 Å². The van der Waals surface area contributed by atoms with Gasteiger partial charge in [0.2, 0.25) is 5.91 Å². The summed E-state index contributed by atoms with van der Waals surface area (Å²) < 4.78 is 44.3. The van der Waals surface area contributed by atoms with Crippen molar-refractivity contribution in [3.63, 3.8) is 0 Å². The second-order valence-electron chi connectivity index (χ2n) is 8.25. The predicted molar refractivity (Wildman–Crippen MR) is 128 cm³/mol. The number of rotatable bonds is 10. The van der Waals surface area contributed by atoms with E-state index in [0.717, 1.165) is 17.7 Å². The number of benzene rings is 3. The van der Waals surface area contributed by atoms with E-state index in [1.165, 1.54) is 12.1 Å². The van der Waals surface area contributed by atoms with Crippen LogP contribution < -0.4 is 10.6 Å². The number of amides is 2. The van der Waals surface area contributed by atoms with Gasteiger partial charge in [0, 0.05) is 12.8 Å². The van der Waals surface area contributed by atoms with E-state index in [0.29, 0.717) is 5.56 Å². The van der Waals surface area contributed by atoms with Crippen molar-refractivity contribution in [1.29, 1.82) is 0 Å². The third kappa shape index (κ3) is 8.68. The van der Waals surface area contributed by atoms with Crippen molar-refractivity contribution in [1.82, 2.24) is 10.6 Å². The van der Waals surface area contributed by atoms with Crippen molar-refractivity contribution in [3.8, 4) is 0 Å². The maximum Gasteiger partial charge on any atom is 0.416 e. The third-order valence-corrected chi connectivity index (χ3v) is 5.41. The maximum atomic E-state index is 13.1. The summed E-state index contributed by atoms with van der Waals surface area (Å²) in [5.41, 5.74) is 0.576. The minimum absolute atomic E-state index is 0.0308. The molecule has 0 bridgehead atoms. The van der Waals surface area contributed by atoms with Gasteiger partial charge in [-0.15, -0.1) is 0 Å². The van der Waals surface area contributed by atoms with E-state index in [1.807, 2.05) is 6.07 Å². The average molecular weight is 515 g/mol. The molecule has 0 saturated heterocycles. The van der Waals surface area contributed by atoms with E-state index < -0.39 is 41.8 Å². The van der Waals surface area contributed by atoms with Gasteiger partial charge in [0.1, 0.15) is 18.7 Å². The van der Waals surface area contributed by atoms with Crippen LogP contribution in [0.5, 0.6) is 0 Å². The number of carbonyl (C=O) groups is 3. The van der Waals surface area contributed by atoms with Gasteiger partial charge in [0.05, 0.1) is 5.56 Å². The summed E-state index contributed by atoms with van der Waals surface area (Å²) in [7, 11) is 0. The molecule has 2 atom stereocenters. The Kier molecular flexibility index (Phi) is 9.26. The Hall–Kier alpha value is -4.34. The van der Waals surface area contributed by atoms with Crippen LogP contribution in [0.4, 0.5) is 18.0 Å². The summed E-state index contributed by atoms with van der Waals surface area (Å²) in [6.07, 6.45) is -5.84. The Morgan fingerprint density at radius 1 is 0.757 bits per heavy atom.